The molecule has 4 amide bonds. The Labute approximate surface area is 174 Å². The largest absolute Gasteiger partial charge is 0.497 e. The van der Waals surface area contributed by atoms with Crippen LogP contribution in [0.5, 0.6) is 11.5 Å². The van der Waals surface area contributed by atoms with E-state index in [1.54, 1.807) is 37.3 Å². The average molecular weight is 404 g/mol. The third-order valence-corrected chi connectivity index (χ3v) is 4.75. The Balaban J connectivity index is 2.07. The number of hydrogen-bond acceptors (Lipinski definition) is 5. The molecule has 1 fully saturated rings. The van der Waals surface area contributed by atoms with Crippen LogP contribution in [0.4, 0.5) is 10.5 Å². The van der Waals surface area contributed by atoms with Crippen LogP contribution < -0.4 is 19.7 Å². The van der Waals surface area contributed by atoms with E-state index in [9.17, 15) is 14.4 Å². The lowest BCUT2D eigenvalue weighted by Gasteiger charge is -2.28. The zero-order valence-corrected chi connectivity index (χ0v) is 16.8. The number of barbiturate groups is 1. The Hall–Kier alpha value is -4.05. The van der Waals surface area contributed by atoms with Crippen LogP contribution in [-0.2, 0) is 9.59 Å². The van der Waals surface area contributed by atoms with E-state index in [0.717, 1.165) is 16.0 Å². The quantitative estimate of drug-likeness (QED) is 0.471. The average Bonchev–Trinajstić information content (AvgIpc) is 2.72. The van der Waals surface area contributed by atoms with Crippen LogP contribution >= 0.6 is 0 Å². The van der Waals surface area contributed by atoms with E-state index in [4.69, 9.17) is 15.9 Å². The van der Waals surface area contributed by atoms with E-state index < -0.39 is 17.8 Å². The molecule has 1 aliphatic rings. The van der Waals surface area contributed by atoms with Gasteiger partial charge in [0.1, 0.15) is 23.7 Å². The minimum Gasteiger partial charge on any atom is -0.497 e. The molecule has 3 rings (SSSR count). The molecule has 0 bridgehead atoms. The summed E-state index contributed by atoms with van der Waals surface area (Å²) in [5.41, 5.74) is 2.33. The summed E-state index contributed by atoms with van der Waals surface area (Å²) >= 11 is 0. The first-order valence-corrected chi connectivity index (χ1v) is 9.09. The third-order valence-electron chi connectivity index (χ3n) is 4.75. The first kappa shape index (κ1) is 20.7. The zero-order valence-electron chi connectivity index (χ0n) is 16.8. The second kappa shape index (κ2) is 8.53. The van der Waals surface area contributed by atoms with Crippen molar-refractivity contribution in [3.8, 4) is 23.8 Å². The van der Waals surface area contributed by atoms with Crippen molar-refractivity contribution < 1.29 is 23.9 Å². The molecule has 7 heteroatoms. The van der Waals surface area contributed by atoms with Crippen LogP contribution in [0.1, 0.15) is 16.7 Å². The number of nitrogens with zero attached hydrogens (tertiary/aromatic N) is 1. The molecular formula is C23H20N2O5. The zero-order chi connectivity index (χ0) is 21.8. The summed E-state index contributed by atoms with van der Waals surface area (Å²) in [6.07, 6.45) is 6.63. The van der Waals surface area contributed by atoms with Gasteiger partial charge in [-0.25, -0.2) is 9.69 Å². The van der Waals surface area contributed by atoms with Crippen molar-refractivity contribution in [1.82, 2.24) is 5.32 Å². The van der Waals surface area contributed by atoms with Crippen molar-refractivity contribution in [3.63, 3.8) is 0 Å². The number of ether oxygens (including phenoxy) is 2. The number of anilines is 1. The maximum atomic E-state index is 13.1. The van der Waals surface area contributed by atoms with Crippen molar-refractivity contribution in [3.05, 3.63) is 58.7 Å². The fraction of sp³-hybridized carbons (Fsp3) is 0.174. The molecule has 1 N–H and O–H groups in total. The molecule has 1 saturated heterocycles. The molecule has 2 aromatic rings. The summed E-state index contributed by atoms with van der Waals surface area (Å²) in [5, 5.41) is 2.22. The molecule has 30 heavy (non-hydrogen) atoms. The highest BCUT2D eigenvalue weighted by Crippen LogP contribution is 2.30. The van der Waals surface area contributed by atoms with Gasteiger partial charge in [-0.05, 0) is 49.2 Å². The van der Waals surface area contributed by atoms with Gasteiger partial charge in [-0.2, -0.15) is 0 Å². The van der Waals surface area contributed by atoms with Crippen LogP contribution in [-0.4, -0.2) is 31.6 Å². The number of methoxy groups -OCH3 is 1. The molecule has 1 heterocycles. The smallest absolute Gasteiger partial charge is 0.335 e. The third kappa shape index (κ3) is 3.89. The molecule has 0 saturated carbocycles. The van der Waals surface area contributed by atoms with Crippen LogP contribution in [0.2, 0.25) is 0 Å². The first-order valence-electron chi connectivity index (χ1n) is 9.09. The van der Waals surface area contributed by atoms with Gasteiger partial charge in [-0.1, -0.05) is 18.1 Å². The molecule has 152 valence electrons. The second-order valence-corrected chi connectivity index (χ2v) is 6.57. The van der Waals surface area contributed by atoms with Gasteiger partial charge in [-0.3, -0.25) is 14.9 Å². The number of carbonyl (C=O) groups is 3. The number of rotatable bonds is 5. The summed E-state index contributed by atoms with van der Waals surface area (Å²) in [4.78, 5) is 39.0. The number of urea groups is 1. The van der Waals surface area contributed by atoms with Crippen molar-refractivity contribution in [2.45, 2.75) is 13.8 Å². The first-order chi connectivity index (χ1) is 14.4. The minimum atomic E-state index is -0.797. The second-order valence-electron chi connectivity index (χ2n) is 6.57. The maximum absolute atomic E-state index is 13.1. The van der Waals surface area contributed by atoms with E-state index in [1.807, 2.05) is 13.0 Å². The normalized spacial score (nSPS) is 15.1. The minimum absolute atomic E-state index is 0.00339. The van der Waals surface area contributed by atoms with Gasteiger partial charge in [0.05, 0.1) is 12.8 Å². The van der Waals surface area contributed by atoms with Crippen molar-refractivity contribution >= 4 is 29.6 Å². The lowest BCUT2D eigenvalue weighted by atomic mass is 10.0. The fourth-order valence-corrected chi connectivity index (χ4v) is 3.01. The van der Waals surface area contributed by atoms with E-state index >= 15 is 0 Å². The van der Waals surface area contributed by atoms with Gasteiger partial charge >= 0.3 is 6.03 Å². The monoisotopic (exact) mass is 404 g/mol. The Kier molecular flexibility index (Phi) is 5.88. The van der Waals surface area contributed by atoms with Gasteiger partial charge in [0.2, 0.25) is 0 Å². The molecule has 0 atom stereocenters. The lowest BCUT2D eigenvalue weighted by Crippen LogP contribution is -2.54. The van der Waals surface area contributed by atoms with Gasteiger partial charge < -0.3 is 9.47 Å². The van der Waals surface area contributed by atoms with E-state index in [1.165, 1.54) is 13.2 Å². The molecule has 7 nitrogen and oxygen atoms in total. The van der Waals surface area contributed by atoms with E-state index in [2.05, 4.69) is 11.2 Å². The van der Waals surface area contributed by atoms with E-state index in [0.29, 0.717) is 22.7 Å². The number of carbonyl (C=O) groups excluding carboxylic acids is 3. The predicted octanol–water partition coefficient (Wildman–Crippen LogP) is 2.99. The molecule has 0 radical (unpaired) electrons. The number of nitrogens with one attached hydrogen (secondary N) is 1. The SMILES string of the molecule is C#CCOc1cc(OC)ccc1/C=C1\C(=O)NC(=O)N(c2cccc(C)c2C)C1=O. The van der Waals surface area contributed by atoms with Crippen LogP contribution in [0.3, 0.4) is 0 Å². The lowest BCUT2D eigenvalue weighted by molar-refractivity contribution is -0.122. The standard InChI is InChI=1S/C23H20N2O5/c1-5-11-30-20-13-17(29-4)10-9-16(20)12-18-21(26)24-23(28)25(22(18)27)19-8-6-7-14(2)15(19)3/h1,6-10,12-13H,11H2,2-4H3,(H,24,26,28)/b18-12+. The number of imide groups is 2. The highest BCUT2D eigenvalue weighted by atomic mass is 16.5. The molecule has 0 unspecified atom stereocenters. The Morgan fingerprint density at radius 3 is 2.63 bits per heavy atom. The summed E-state index contributed by atoms with van der Waals surface area (Å²) in [5.74, 6) is 1.72. The summed E-state index contributed by atoms with van der Waals surface area (Å²) in [6, 6.07) is 9.37. The molecule has 2 aromatic carbocycles. The van der Waals surface area contributed by atoms with Crippen molar-refractivity contribution in [2.75, 3.05) is 18.6 Å². The fourth-order valence-electron chi connectivity index (χ4n) is 3.01. The van der Waals surface area contributed by atoms with Gasteiger partial charge in [0.15, 0.2) is 0 Å². The molecular weight excluding hydrogens is 384 g/mol. The van der Waals surface area contributed by atoms with Crippen molar-refractivity contribution in [1.29, 1.82) is 0 Å². The van der Waals surface area contributed by atoms with Gasteiger partial charge in [0.25, 0.3) is 11.8 Å². The van der Waals surface area contributed by atoms with E-state index in [-0.39, 0.29) is 12.2 Å². The highest BCUT2D eigenvalue weighted by Gasteiger charge is 2.37. The number of amides is 4. The molecule has 1 aliphatic heterocycles. The Morgan fingerprint density at radius 1 is 1.17 bits per heavy atom. The molecule has 0 spiro atoms. The van der Waals surface area contributed by atoms with Gasteiger partial charge in [0, 0.05) is 11.6 Å². The predicted molar refractivity (Wildman–Crippen MR) is 112 cm³/mol. The van der Waals surface area contributed by atoms with Crippen LogP contribution in [0, 0.1) is 26.2 Å². The number of hydrogen-bond donors (Lipinski definition) is 1. The number of benzene rings is 2. The maximum Gasteiger partial charge on any atom is 0.335 e. The Bertz CT molecular complexity index is 1110. The topological polar surface area (TPSA) is 84.9 Å². The summed E-state index contributed by atoms with van der Waals surface area (Å²) < 4.78 is 10.7. The highest BCUT2D eigenvalue weighted by molar-refractivity contribution is 6.39. The molecule has 0 aromatic heterocycles. The van der Waals surface area contributed by atoms with Gasteiger partial charge in [-0.15, -0.1) is 6.42 Å². The molecule has 0 aliphatic carbocycles. The Morgan fingerprint density at radius 2 is 1.93 bits per heavy atom. The van der Waals surface area contributed by atoms with Crippen LogP contribution in [0.25, 0.3) is 6.08 Å². The number of terminal acetylenes is 1. The van der Waals surface area contributed by atoms with Crippen LogP contribution in [0.15, 0.2) is 42.0 Å². The van der Waals surface area contributed by atoms with Crippen molar-refractivity contribution in [2.24, 2.45) is 0 Å². The number of aryl methyl sites for hydroxylation is 1. The summed E-state index contributed by atoms with van der Waals surface area (Å²) in [7, 11) is 1.50. The summed E-state index contributed by atoms with van der Waals surface area (Å²) in [6.45, 7) is 3.68.